The van der Waals surface area contributed by atoms with Gasteiger partial charge in [-0.15, -0.1) is 0 Å². The molecule has 3 saturated carbocycles. The summed E-state index contributed by atoms with van der Waals surface area (Å²) in [4.78, 5) is 25.0. The van der Waals surface area contributed by atoms with Crippen molar-refractivity contribution in [1.29, 1.82) is 0 Å². The zero-order valence-corrected chi connectivity index (χ0v) is 22.7. The van der Waals surface area contributed by atoms with Gasteiger partial charge in [-0.1, -0.05) is 11.6 Å². The number of aliphatic hydroxyl groups excluding tert-OH is 1. The Labute approximate surface area is 233 Å². The molecule has 3 fully saturated rings. The third-order valence-electron chi connectivity index (χ3n) is 8.47. The van der Waals surface area contributed by atoms with Crippen molar-refractivity contribution in [3.8, 4) is 0 Å². The second-order valence-electron chi connectivity index (χ2n) is 11.0. The van der Waals surface area contributed by atoms with E-state index in [1.807, 2.05) is 0 Å². The molecule has 40 heavy (non-hydrogen) atoms. The molecule has 13 heteroatoms. The molecule has 8 nitrogen and oxygen atoms in total. The number of rotatable bonds is 7. The fraction of sp³-hybridized carbons (Fsp3) is 0.481. The van der Waals surface area contributed by atoms with Crippen LogP contribution in [0, 0.1) is 29.3 Å². The van der Waals surface area contributed by atoms with E-state index in [0.717, 1.165) is 6.07 Å². The van der Waals surface area contributed by atoms with Gasteiger partial charge in [0.1, 0.15) is 0 Å². The highest BCUT2D eigenvalue weighted by Gasteiger charge is 2.56. The predicted molar refractivity (Wildman–Crippen MR) is 139 cm³/mol. The molecule has 2 aromatic rings. The van der Waals surface area contributed by atoms with Gasteiger partial charge in [0, 0.05) is 29.4 Å². The number of halogens is 4. The maximum absolute atomic E-state index is 13.7. The van der Waals surface area contributed by atoms with Crippen LogP contribution in [0.15, 0.2) is 35.2 Å². The van der Waals surface area contributed by atoms with E-state index in [1.165, 1.54) is 12.1 Å². The standard InChI is InChI=1S/C27H28ClF3N2O6S/c28-20-4-1-13(26(36)33-17-10-21(29)25(31)22(30)11-17)5-23(20)40(38,39)19-6-14-2-3-15(7-19)27(14,37)12-24(35)32-16-8-18(34)9-16/h1,4-5,10-11,14-16,18-19,34,37H,2-3,6-9,12H2,(H,32,35)(H,33,36)/t14-,15?,16-,18-,19-,27-/m0/s1. The Bertz CT molecular complexity index is 1430. The number of hydrogen-bond donors (Lipinski definition) is 4. The SMILES string of the molecule is O=C(C[C@@]1(O)C2CC[C@H]1C[C@H](S(=O)(=O)c1cc(C(=O)Nc3cc(F)c(F)c(F)c3)ccc1Cl)C2)N[C@H]1C[C@H](O)C1. The highest BCUT2D eigenvalue weighted by atomic mass is 35.5. The van der Waals surface area contributed by atoms with E-state index in [1.54, 1.807) is 0 Å². The molecule has 4 atom stereocenters. The molecular weight excluding hydrogens is 573 g/mol. The highest BCUT2D eigenvalue weighted by molar-refractivity contribution is 7.92. The monoisotopic (exact) mass is 600 g/mol. The first-order valence-corrected chi connectivity index (χ1v) is 14.9. The Morgan fingerprint density at radius 2 is 1.60 bits per heavy atom. The third-order valence-corrected chi connectivity index (χ3v) is 11.1. The lowest BCUT2D eigenvalue weighted by Crippen LogP contribution is -2.53. The van der Waals surface area contributed by atoms with Gasteiger partial charge in [0.15, 0.2) is 27.3 Å². The summed E-state index contributed by atoms with van der Waals surface area (Å²) in [7, 11) is -4.09. The van der Waals surface area contributed by atoms with Gasteiger partial charge in [-0.2, -0.15) is 0 Å². The van der Waals surface area contributed by atoms with Gasteiger partial charge >= 0.3 is 0 Å². The lowest BCUT2D eigenvalue weighted by atomic mass is 9.72. The van der Waals surface area contributed by atoms with Gasteiger partial charge in [0.05, 0.1) is 33.3 Å². The van der Waals surface area contributed by atoms with Gasteiger partial charge < -0.3 is 20.8 Å². The molecule has 3 aliphatic rings. The van der Waals surface area contributed by atoms with Crippen LogP contribution in [-0.2, 0) is 14.6 Å². The normalized spacial score (nSPS) is 29.5. The number of aliphatic hydroxyl groups is 2. The van der Waals surface area contributed by atoms with Crippen molar-refractivity contribution >= 4 is 38.9 Å². The molecule has 2 aromatic carbocycles. The minimum Gasteiger partial charge on any atom is -0.393 e. The van der Waals surface area contributed by atoms with Crippen molar-refractivity contribution in [3.63, 3.8) is 0 Å². The molecule has 216 valence electrons. The molecule has 1 unspecified atom stereocenters. The molecule has 3 aliphatic carbocycles. The first-order valence-electron chi connectivity index (χ1n) is 13.0. The summed E-state index contributed by atoms with van der Waals surface area (Å²) < 4.78 is 67.7. The molecule has 2 amide bonds. The van der Waals surface area contributed by atoms with Crippen LogP contribution >= 0.6 is 11.6 Å². The average Bonchev–Trinajstić information content (AvgIpc) is 3.02. The molecule has 2 bridgehead atoms. The second kappa shape index (κ2) is 10.6. The number of amides is 2. The van der Waals surface area contributed by atoms with Crippen molar-refractivity contribution < 1.29 is 41.4 Å². The number of sulfone groups is 1. The van der Waals surface area contributed by atoms with E-state index in [4.69, 9.17) is 11.6 Å². The molecular formula is C27H28ClF3N2O6S. The second-order valence-corrected chi connectivity index (χ2v) is 13.6. The van der Waals surface area contributed by atoms with Crippen molar-refractivity contribution in [3.05, 3.63) is 58.4 Å². The minimum atomic E-state index is -4.09. The molecule has 4 N–H and O–H groups in total. The van der Waals surface area contributed by atoms with Gasteiger partial charge in [-0.25, -0.2) is 21.6 Å². The summed E-state index contributed by atoms with van der Waals surface area (Å²) in [5, 5.41) is 24.9. The van der Waals surface area contributed by atoms with Gasteiger partial charge in [0.2, 0.25) is 5.91 Å². The van der Waals surface area contributed by atoms with Crippen LogP contribution in [0.3, 0.4) is 0 Å². The first kappa shape index (κ1) is 28.8. The van der Waals surface area contributed by atoms with Crippen LogP contribution in [0.2, 0.25) is 5.02 Å². The Hall–Kier alpha value is -2.67. The predicted octanol–water partition coefficient (Wildman–Crippen LogP) is 3.73. The van der Waals surface area contributed by atoms with E-state index in [2.05, 4.69) is 10.6 Å². The lowest BCUT2D eigenvalue weighted by Gasteiger charge is -2.42. The van der Waals surface area contributed by atoms with Crippen LogP contribution in [0.1, 0.15) is 55.3 Å². The zero-order chi connectivity index (χ0) is 29.0. The molecule has 0 aliphatic heterocycles. The molecule has 0 saturated heterocycles. The van der Waals surface area contributed by atoms with Gasteiger partial charge in [0.25, 0.3) is 5.91 Å². The summed E-state index contributed by atoms with van der Waals surface area (Å²) in [6.45, 7) is 0. The third kappa shape index (κ3) is 5.34. The van der Waals surface area contributed by atoms with Gasteiger partial charge in [-0.3, -0.25) is 9.59 Å². The van der Waals surface area contributed by atoms with Crippen LogP contribution in [-0.4, -0.2) is 53.4 Å². The van der Waals surface area contributed by atoms with E-state index < -0.39 is 62.0 Å². The number of carbonyl (C=O) groups is 2. The Morgan fingerprint density at radius 1 is 1.00 bits per heavy atom. The minimum absolute atomic E-state index is 0.103. The van der Waals surface area contributed by atoms with Crippen molar-refractivity contribution in [2.75, 3.05) is 5.32 Å². The largest absolute Gasteiger partial charge is 0.393 e. The van der Waals surface area contributed by atoms with Crippen LogP contribution in [0.5, 0.6) is 0 Å². The number of fused-ring (bicyclic) bond motifs is 2. The van der Waals surface area contributed by atoms with Crippen molar-refractivity contribution in [2.45, 2.75) is 72.8 Å². The van der Waals surface area contributed by atoms with Crippen LogP contribution < -0.4 is 10.6 Å². The number of hydrogen-bond acceptors (Lipinski definition) is 6. The summed E-state index contributed by atoms with van der Waals surface area (Å²) in [6.07, 6.45) is 1.67. The van der Waals surface area contributed by atoms with E-state index in [0.29, 0.717) is 37.8 Å². The number of benzene rings is 2. The lowest BCUT2D eigenvalue weighted by molar-refractivity contribution is -0.134. The molecule has 0 heterocycles. The Kier molecular flexibility index (Phi) is 7.66. The number of carbonyl (C=O) groups excluding carboxylic acids is 2. The maximum Gasteiger partial charge on any atom is 0.255 e. The van der Waals surface area contributed by atoms with Crippen LogP contribution in [0.25, 0.3) is 0 Å². The maximum atomic E-state index is 13.7. The topological polar surface area (TPSA) is 133 Å². The van der Waals surface area contributed by atoms with Crippen molar-refractivity contribution in [2.24, 2.45) is 11.8 Å². The van der Waals surface area contributed by atoms with E-state index in [9.17, 15) is 41.4 Å². The van der Waals surface area contributed by atoms with E-state index in [-0.39, 0.29) is 52.4 Å². The Morgan fingerprint density at radius 3 is 2.17 bits per heavy atom. The molecule has 0 aromatic heterocycles. The quantitative estimate of drug-likeness (QED) is 0.358. The summed E-state index contributed by atoms with van der Waals surface area (Å²) >= 11 is 6.24. The molecule has 0 radical (unpaired) electrons. The summed E-state index contributed by atoms with van der Waals surface area (Å²) in [5.74, 6) is -6.77. The summed E-state index contributed by atoms with van der Waals surface area (Å²) in [6, 6.07) is 4.61. The van der Waals surface area contributed by atoms with Crippen LogP contribution in [0.4, 0.5) is 18.9 Å². The smallest absolute Gasteiger partial charge is 0.255 e. The van der Waals surface area contributed by atoms with Crippen molar-refractivity contribution in [1.82, 2.24) is 5.32 Å². The fourth-order valence-corrected chi connectivity index (χ4v) is 8.67. The molecule has 5 rings (SSSR count). The van der Waals surface area contributed by atoms with E-state index >= 15 is 0 Å². The first-order chi connectivity index (χ1) is 18.8. The zero-order valence-electron chi connectivity index (χ0n) is 21.2. The number of anilines is 1. The van der Waals surface area contributed by atoms with Gasteiger partial charge in [-0.05, 0) is 68.6 Å². The molecule has 0 spiro atoms. The highest BCUT2D eigenvalue weighted by Crippen LogP contribution is 2.53. The fourth-order valence-electron chi connectivity index (χ4n) is 6.27. The average molecular weight is 601 g/mol. The number of nitrogens with one attached hydrogen (secondary N) is 2. The summed E-state index contributed by atoms with van der Waals surface area (Å²) in [5.41, 5.74) is -1.86. The Balaban J connectivity index is 1.31.